The van der Waals surface area contributed by atoms with Crippen molar-refractivity contribution >= 4 is 5.91 Å². The van der Waals surface area contributed by atoms with Crippen molar-refractivity contribution in [2.24, 2.45) is 7.05 Å². The molecule has 3 rings (SSSR count). The third-order valence-corrected chi connectivity index (χ3v) is 4.79. The minimum Gasteiger partial charge on any atom is -0.395 e. The summed E-state index contributed by atoms with van der Waals surface area (Å²) < 4.78 is 1.73. The van der Waals surface area contributed by atoms with Crippen LogP contribution in [0.25, 0.3) is 11.1 Å². The molecule has 0 spiro atoms. The van der Waals surface area contributed by atoms with Gasteiger partial charge in [-0.3, -0.25) is 14.4 Å². The fourth-order valence-electron chi connectivity index (χ4n) is 3.30. The number of nitrogens with one attached hydrogen (secondary N) is 1. The van der Waals surface area contributed by atoms with Gasteiger partial charge in [-0.25, -0.2) is 0 Å². The Bertz CT molecular complexity index is 681. The van der Waals surface area contributed by atoms with Crippen LogP contribution >= 0.6 is 0 Å². The SMILES string of the molecule is CCC(CO)N1CCN(C(=O)c2c[nH]cc2-c2cnn(C)c2)CC1. The molecule has 2 aromatic heterocycles. The maximum Gasteiger partial charge on any atom is 0.256 e. The zero-order valence-electron chi connectivity index (χ0n) is 14.3. The van der Waals surface area contributed by atoms with Crippen LogP contribution in [0, 0.1) is 0 Å². The summed E-state index contributed by atoms with van der Waals surface area (Å²) >= 11 is 0. The predicted octanol–water partition coefficient (Wildman–Crippen LogP) is 0.944. The standard InChI is InChI=1S/C17H25N5O2/c1-3-14(12-23)21-4-6-22(7-5-21)17(24)16-10-18-9-15(16)13-8-19-20(2)11-13/h8-11,14,18,23H,3-7,12H2,1-2H3. The number of hydrogen-bond donors (Lipinski definition) is 2. The molecule has 0 aliphatic carbocycles. The maximum atomic E-state index is 12.9. The second kappa shape index (κ2) is 7.19. The molecule has 1 aliphatic rings. The summed E-state index contributed by atoms with van der Waals surface area (Å²) in [7, 11) is 1.86. The molecule has 0 bridgehead atoms. The number of carbonyl (C=O) groups is 1. The van der Waals surface area contributed by atoms with E-state index in [1.165, 1.54) is 0 Å². The molecule has 1 atom stereocenters. The number of aryl methyl sites for hydroxylation is 1. The van der Waals surface area contributed by atoms with Crippen LogP contribution in [0.2, 0.25) is 0 Å². The van der Waals surface area contributed by atoms with Crippen LogP contribution in [-0.2, 0) is 7.05 Å². The van der Waals surface area contributed by atoms with Crippen LogP contribution in [0.3, 0.4) is 0 Å². The van der Waals surface area contributed by atoms with Crippen LogP contribution < -0.4 is 0 Å². The van der Waals surface area contributed by atoms with E-state index in [9.17, 15) is 9.90 Å². The molecular weight excluding hydrogens is 306 g/mol. The average molecular weight is 331 g/mol. The molecule has 0 aromatic carbocycles. The third kappa shape index (κ3) is 3.22. The van der Waals surface area contributed by atoms with E-state index < -0.39 is 0 Å². The Morgan fingerprint density at radius 1 is 1.33 bits per heavy atom. The summed E-state index contributed by atoms with van der Waals surface area (Å²) in [5, 5.41) is 13.6. The first kappa shape index (κ1) is 16.7. The van der Waals surface area contributed by atoms with Gasteiger partial charge in [-0.15, -0.1) is 0 Å². The number of aliphatic hydroxyl groups is 1. The fraction of sp³-hybridized carbons (Fsp3) is 0.529. The molecule has 7 heteroatoms. The van der Waals surface area contributed by atoms with Gasteiger partial charge in [-0.1, -0.05) is 6.92 Å². The Kier molecular flexibility index (Phi) is 5.01. The molecule has 130 valence electrons. The van der Waals surface area contributed by atoms with E-state index in [-0.39, 0.29) is 18.6 Å². The normalized spacial score (nSPS) is 17.2. The van der Waals surface area contributed by atoms with Crippen molar-refractivity contribution in [3.63, 3.8) is 0 Å². The van der Waals surface area contributed by atoms with Crippen molar-refractivity contribution in [3.8, 4) is 11.1 Å². The highest BCUT2D eigenvalue weighted by Crippen LogP contribution is 2.24. The van der Waals surface area contributed by atoms with Gasteiger partial charge in [0.25, 0.3) is 5.91 Å². The number of piperazine rings is 1. The van der Waals surface area contributed by atoms with Crippen molar-refractivity contribution in [1.29, 1.82) is 0 Å². The molecular formula is C17H25N5O2. The van der Waals surface area contributed by atoms with E-state index >= 15 is 0 Å². The second-order valence-corrected chi connectivity index (χ2v) is 6.26. The summed E-state index contributed by atoms with van der Waals surface area (Å²) in [6.07, 6.45) is 8.21. The zero-order valence-corrected chi connectivity index (χ0v) is 14.3. The first-order chi connectivity index (χ1) is 11.6. The number of carbonyl (C=O) groups excluding carboxylic acids is 1. The summed E-state index contributed by atoms with van der Waals surface area (Å²) in [6.45, 7) is 5.24. The zero-order chi connectivity index (χ0) is 17.1. The van der Waals surface area contributed by atoms with Crippen molar-refractivity contribution in [2.45, 2.75) is 19.4 Å². The molecule has 7 nitrogen and oxygen atoms in total. The molecule has 1 saturated heterocycles. The quantitative estimate of drug-likeness (QED) is 0.855. The van der Waals surface area contributed by atoms with Gasteiger partial charge in [-0.05, 0) is 6.42 Å². The summed E-state index contributed by atoms with van der Waals surface area (Å²) in [5.41, 5.74) is 2.51. The number of aromatic nitrogens is 3. The first-order valence-electron chi connectivity index (χ1n) is 8.44. The van der Waals surface area contributed by atoms with Crippen molar-refractivity contribution < 1.29 is 9.90 Å². The van der Waals surface area contributed by atoms with Crippen LogP contribution in [-0.4, -0.2) is 74.4 Å². The summed E-state index contributed by atoms with van der Waals surface area (Å²) in [4.78, 5) is 20.1. The van der Waals surface area contributed by atoms with Crippen LogP contribution in [0.5, 0.6) is 0 Å². The van der Waals surface area contributed by atoms with E-state index in [0.717, 1.165) is 30.6 Å². The molecule has 1 fully saturated rings. The van der Waals surface area contributed by atoms with Gasteiger partial charge in [-0.2, -0.15) is 5.10 Å². The summed E-state index contributed by atoms with van der Waals surface area (Å²) in [6, 6.07) is 0.195. The lowest BCUT2D eigenvalue weighted by molar-refractivity contribution is 0.0473. The molecule has 0 saturated carbocycles. The van der Waals surface area contributed by atoms with Gasteiger partial charge >= 0.3 is 0 Å². The molecule has 1 unspecified atom stereocenters. The number of rotatable bonds is 5. The lowest BCUT2D eigenvalue weighted by atomic mass is 10.1. The topological polar surface area (TPSA) is 77.4 Å². The van der Waals surface area contributed by atoms with Crippen LogP contribution in [0.4, 0.5) is 0 Å². The van der Waals surface area contributed by atoms with E-state index in [4.69, 9.17) is 0 Å². The Balaban J connectivity index is 1.70. The number of aliphatic hydroxyl groups excluding tert-OH is 1. The van der Waals surface area contributed by atoms with Gasteiger partial charge in [0.15, 0.2) is 0 Å². The fourth-order valence-corrected chi connectivity index (χ4v) is 3.30. The maximum absolute atomic E-state index is 12.9. The highest BCUT2D eigenvalue weighted by atomic mass is 16.3. The molecule has 2 N–H and O–H groups in total. The molecule has 0 radical (unpaired) electrons. The minimum atomic E-state index is 0.0480. The Morgan fingerprint density at radius 2 is 2.08 bits per heavy atom. The predicted molar refractivity (Wildman–Crippen MR) is 91.6 cm³/mol. The van der Waals surface area contributed by atoms with Gasteiger partial charge in [0.05, 0.1) is 18.4 Å². The van der Waals surface area contributed by atoms with E-state index in [2.05, 4.69) is 21.9 Å². The lowest BCUT2D eigenvalue weighted by Gasteiger charge is -2.38. The van der Waals surface area contributed by atoms with Crippen LogP contribution in [0.15, 0.2) is 24.8 Å². The number of aromatic amines is 1. The third-order valence-electron chi connectivity index (χ3n) is 4.79. The average Bonchev–Trinajstić information content (AvgIpc) is 3.24. The van der Waals surface area contributed by atoms with Crippen molar-refractivity contribution in [1.82, 2.24) is 24.6 Å². The summed E-state index contributed by atoms with van der Waals surface area (Å²) in [5.74, 6) is 0.0480. The lowest BCUT2D eigenvalue weighted by Crippen LogP contribution is -2.52. The number of hydrogen-bond acceptors (Lipinski definition) is 4. The van der Waals surface area contributed by atoms with Crippen molar-refractivity contribution in [2.75, 3.05) is 32.8 Å². The molecule has 24 heavy (non-hydrogen) atoms. The second-order valence-electron chi connectivity index (χ2n) is 6.26. The Labute approximate surface area is 141 Å². The largest absolute Gasteiger partial charge is 0.395 e. The molecule has 3 heterocycles. The van der Waals surface area contributed by atoms with Gasteiger partial charge in [0.1, 0.15) is 0 Å². The highest BCUT2D eigenvalue weighted by molar-refractivity contribution is 6.00. The molecule has 1 amide bonds. The van der Waals surface area contributed by atoms with Crippen LogP contribution in [0.1, 0.15) is 23.7 Å². The van der Waals surface area contributed by atoms with Gasteiger partial charge in [0.2, 0.25) is 0 Å². The number of nitrogens with zero attached hydrogens (tertiary/aromatic N) is 4. The van der Waals surface area contributed by atoms with E-state index in [0.29, 0.717) is 18.7 Å². The van der Waals surface area contributed by atoms with Crippen molar-refractivity contribution in [3.05, 3.63) is 30.4 Å². The van der Waals surface area contributed by atoms with Gasteiger partial charge < -0.3 is 15.0 Å². The molecule has 1 aliphatic heterocycles. The molecule has 2 aromatic rings. The monoisotopic (exact) mass is 331 g/mol. The first-order valence-corrected chi connectivity index (χ1v) is 8.44. The Hall–Kier alpha value is -2.12. The van der Waals surface area contributed by atoms with E-state index in [1.807, 2.05) is 24.3 Å². The minimum absolute atomic E-state index is 0.0480. The Morgan fingerprint density at radius 3 is 2.67 bits per heavy atom. The smallest absolute Gasteiger partial charge is 0.256 e. The highest BCUT2D eigenvalue weighted by Gasteiger charge is 2.27. The number of amides is 1. The van der Waals surface area contributed by atoms with Gasteiger partial charge in [0, 0.05) is 69.0 Å². The number of H-pyrrole nitrogens is 1. The van der Waals surface area contributed by atoms with E-state index in [1.54, 1.807) is 17.1 Å².